The highest BCUT2D eigenvalue weighted by molar-refractivity contribution is 7.89. The molecular formula is C16H15ClN4O8S. The summed E-state index contributed by atoms with van der Waals surface area (Å²) in [6.07, 6.45) is -0.385. The molecule has 0 unspecified atom stereocenters. The fourth-order valence-corrected chi connectivity index (χ4v) is 4.21. The van der Waals surface area contributed by atoms with Gasteiger partial charge in [0.15, 0.2) is 0 Å². The van der Waals surface area contributed by atoms with Gasteiger partial charge in [0.1, 0.15) is 5.02 Å². The zero-order valence-corrected chi connectivity index (χ0v) is 16.7. The molecule has 0 radical (unpaired) electrons. The third-order valence-corrected chi connectivity index (χ3v) is 6.12. The van der Waals surface area contributed by atoms with Gasteiger partial charge in [0.05, 0.1) is 14.7 Å². The predicted molar refractivity (Wildman–Crippen MR) is 103 cm³/mol. The van der Waals surface area contributed by atoms with Gasteiger partial charge in [-0.3, -0.25) is 30.2 Å². The molecule has 1 amide bonds. The molecule has 0 saturated heterocycles. The van der Waals surface area contributed by atoms with Crippen LogP contribution in [-0.4, -0.2) is 40.2 Å². The summed E-state index contributed by atoms with van der Waals surface area (Å²) in [5.74, 6) is -0.833. The number of hydroxylamine groups is 1. The first-order chi connectivity index (χ1) is 14.1. The van der Waals surface area contributed by atoms with Crippen molar-refractivity contribution in [3.63, 3.8) is 0 Å². The first-order valence-electron chi connectivity index (χ1n) is 8.16. The molecule has 0 aromatic heterocycles. The Morgan fingerprint density at radius 2 is 1.73 bits per heavy atom. The number of carbonyl (C=O) groups is 1. The van der Waals surface area contributed by atoms with Crippen molar-refractivity contribution in [2.75, 3.05) is 6.54 Å². The Morgan fingerprint density at radius 3 is 2.23 bits per heavy atom. The van der Waals surface area contributed by atoms with Gasteiger partial charge in [-0.15, -0.1) is 0 Å². The van der Waals surface area contributed by atoms with E-state index in [0.717, 1.165) is 22.5 Å². The molecule has 0 heterocycles. The molecule has 0 fully saturated rings. The molecule has 0 atom stereocenters. The van der Waals surface area contributed by atoms with Crippen LogP contribution in [0.3, 0.4) is 0 Å². The Bertz CT molecular complexity index is 1080. The third-order valence-electron chi connectivity index (χ3n) is 3.97. The second-order valence-corrected chi connectivity index (χ2v) is 8.26. The smallest absolute Gasteiger partial charge is 0.287 e. The van der Waals surface area contributed by atoms with E-state index in [2.05, 4.69) is 0 Å². The SMILES string of the molecule is O=C(CCN(Cc1ccc([N+](=O)[O-])cc1)S(=O)(=O)c1ccc([N+](=O)[O-])c(Cl)c1)NO. The van der Waals surface area contributed by atoms with Crippen molar-refractivity contribution in [3.8, 4) is 0 Å². The fourth-order valence-electron chi connectivity index (χ4n) is 2.44. The number of nitrogens with one attached hydrogen (secondary N) is 1. The number of amides is 1. The first kappa shape index (κ1) is 23.2. The van der Waals surface area contributed by atoms with Crippen LogP contribution in [0.4, 0.5) is 11.4 Å². The summed E-state index contributed by atoms with van der Waals surface area (Å²) in [7, 11) is -4.26. The summed E-state index contributed by atoms with van der Waals surface area (Å²) in [5, 5.41) is 29.9. The molecule has 30 heavy (non-hydrogen) atoms. The van der Waals surface area contributed by atoms with Crippen molar-refractivity contribution in [1.29, 1.82) is 0 Å². The van der Waals surface area contributed by atoms with Crippen molar-refractivity contribution in [3.05, 3.63) is 73.3 Å². The number of benzene rings is 2. The number of carbonyl (C=O) groups excluding carboxylic acids is 1. The van der Waals surface area contributed by atoms with E-state index in [4.69, 9.17) is 16.8 Å². The Balaban J connectivity index is 2.39. The Kier molecular flexibility index (Phi) is 7.39. The number of nitrogens with zero attached hydrogens (tertiary/aromatic N) is 3. The van der Waals surface area contributed by atoms with Crippen molar-refractivity contribution < 1.29 is 28.3 Å². The molecule has 2 rings (SSSR count). The van der Waals surface area contributed by atoms with Crippen LogP contribution in [-0.2, 0) is 21.4 Å². The zero-order chi connectivity index (χ0) is 22.5. The Labute approximate surface area is 175 Å². The van der Waals surface area contributed by atoms with Crippen molar-refractivity contribution in [1.82, 2.24) is 9.79 Å². The minimum absolute atomic E-state index is 0.185. The van der Waals surface area contributed by atoms with E-state index in [1.807, 2.05) is 0 Å². The van der Waals surface area contributed by atoms with Gasteiger partial charge >= 0.3 is 0 Å². The van der Waals surface area contributed by atoms with Gasteiger partial charge in [0, 0.05) is 37.7 Å². The standard InChI is InChI=1S/C16H15ClN4O8S/c17-14-9-13(5-6-15(14)21(26)27)30(28,29)19(8-7-16(22)18-23)10-11-1-3-12(4-2-11)20(24)25/h1-6,9,23H,7-8,10H2,(H,18,22). The molecule has 160 valence electrons. The lowest BCUT2D eigenvalue weighted by molar-refractivity contribution is -0.385. The normalized spacial score (nSPS) is 11.3. The van der Waals surface area contributed by atoms with Gasteiger partial charge in [-0.25, -0.2) is 13.9 Å². The van der Waals surface area contributed by atoms with Gasteiger partial charge in [-0.2, -0.15) is 4.31 Å². The van der Waals surface area contributed by atoms with Crippen LogP contribution in [0.1, 0.15) is 12.0 Å². The Hall–Kier alpha value is -3.13. The molecule has 14 heteroatoms. The summed E-state index contributed by atoms with van der Waals surface area (Å²) in [5.41, 5.74) is 1.12. The number of halogens is 1. The largest absolute Gasteiger partial charge is 0.289 e. The maximum atomic E-state index is 13.0. The van der Waals surface area contributed by atoms with E-state index >= 15 is 0 Å². The van der Waals surface area contributed by atoms with Crippen LogP contribution >= 0.6 is 11.6 Å². The van der Waals surface area contributed by atoms with Crippen LogP contribution in [0.15, 0.2) is 47.4 Å². The maximum absolute atomic E-state index is 13.0. The lowest BCUT2D eigenvalue weighted by Gasteiger charge is -2.22. The second kappa shape index (κ2) is 9.58. The van der Waals surface area contributed by atoms with E-state index in [1.165, 1.54) is 29.7 Å². The average Bonchev–Trinajstić information content (AvgIpc) is 2.70. The number of nitro benzene ring substituents is 2. The van der Waals surface area contributed by atoms with Crippen LogP contribution in [0, 0.1) is 20.2 Å². The number of hydrogen-bond donors (Lipinski definition) is 2. The van der Waals surface area contributed by atoms with Crippen LogP contribution in [0.5, 0.6) is 0 Å². The molecule has 12 nitrogen and oxygen atoms in total. The molecule has 0 spiro atoms. The fraction of sp³-hybridized carbons (Fsp3) is 0.188. The van der Waals surface area contributed by atoms with E-state index in [1.54, 1.807) is 0 Å². The quantitative estimate of drug-likeness (QED) is 0.327. The minimum atomic E-state index is -4.26. The Morgan fingerprint density at radius 1 is 1.10 bits per heavy atom. The minimum Gasteiger partial charge on any atom is -0.289 e. The number of nitro groups is 2. The first-order valence-corrected chi connectivity index (χ1v) is 9.98. The number of non-ortho nitro benzene ring substituents is 1. The topological polar surface area (TPSA) is 173 Å². The van der Waals surface area contributed by atoms with Gasteiger partial charge in [-0.1, -0.05) is 23.7 Å². The monoisotopic (exact) mass is 458 g/mol. The average molecular weight is 459 g/mol. The molecule has 0 saturated carbocycles. The lowest BCUT2D eigenvalue weighted by atomic mass is 10.2. The molecule has 0 aliphatic rings. The van der Waals surface area contributed by atoms with E-state index in [-0.39, 0.29) is 35.1 Å². The van der Waals surface area contributed by atoms with E-state index < -0.39 is 31.5 Å². The number of hydrogen-bond acceptors (Lipinski definition) is 8. The van der Waals surface area contributed by atoms with Crippen molar-refractivity contribution in [2.24, 2.45) is 0 Å². The third kappa shape index (κ3) is 5.48. The van der Waals surface area contributed by atoms with Gasteiger partial charge in [-0.05, 0) is 17.7 Å². The molecular weight excluding hydrogens is 444 g/mol. The predicted octanol–water partition coefficient (Wildman–Crippen LogP) is 2.24. The summed E-state index contributed by atoms with van der Waals surface area (Å²) in [6.45, 7) is -0.603. The van der Waals surface area contributed by atoms with Crippen LogP contribution < -0.4 is 5.48 Å². The zero-order valence-electron chi connectivity index (χ0n) is 15.1. The molecule has 2 aromatic carbocycles. The summed E-state index contributed by atoms with van der Waals surface area (Å²) < 4.78 is 27.0. The molecule has 0 aliphatic heterocycles. The summed E-state index contributed by atoms with van der Waals surface area (Å²) >= 11 is 5.81. The van der Waals surface area contributed by atoms with Gasteiger partial charge in [0.25, 0.3) is 11.4 Å². The van der Waals surface area contributed by atoms with Crippen molar-refractivity contribution in [2.45, 2.75) is 17.9 Å². The van der Waals surface area contributed by atoms with Crippen LogP contribution in [0.2, 0.25) is 5.02 Å². The molecule has 2 N–H and O–H groups in total. The maximum Gasteiger partial charge on any atom is 0.287 e. The number of rotatable bonds is 9. The molecule has 0 aliphatic carbocycles. The van der Waals surface area contributed by atoms with Crippen molar-refractivity contribution >= 4 is 38.9 Å². The highest BCUT2D eigenvalue weighted by Gasteiger charge is 2.27. The number of sulfonamides is 1. The highest BCUT2D eigenvalue weighted by atomic mass is 35.5. The van der Waals surface area contributed by atoms with Gasteiger partial charge in [0.2, 0.25) is 15.9 Å². The van der Waals surface area contributed by atoms with Gasteiger partial charge < -0.3 is 0 Å². The van der Waals surface area contributed by atoms with E-state index in [9.17, 15) is 33.4 Å². The summed E-state index contributed by atoms with van der Waals surface area (Å²) in [4.78, 5) is 31.3. The van der Waals surface area contributed by atoms with Crippen LogP contribution in [0.25, 0.3) is 0 Å². The molecule has 2 aromatic rings. The summed E-state index contributed by atoms with van der Waals surface area (Å²) in [6, 6.07) is 7.98. The molecule has 0 bridgehead atoms. The highest BCUT2D eigenvalue weighted by Crippen LogP contribution is 2.29. The van der Waals surface area contributed by atoms with E-state index in [0.29, 0.717) is 5.56 Å². The second-order valence-electron chi connectivity index (χ2n) is 5.92. The lowest BCUT2D eigenvalue weighted by Crippen LogP contribution is -2.34.